The molecule has 8 heteroatoms. The van der Waals surface area contributed by atoms with Crippen LogP contribution in [0.3, 0.4) is 0 Å². The van der Waals surface area contributed by atoms with E-state index in [1.165, 1.54) is 6.33 Å². The van der Waals surface area contributed by atoms with Crippen molar-refractivity contribution in [2.24, 2.45) is 5.14 Å². The van der Waals surface area contributed by atoms with Gasteiger partial charge in [0.05, 0.1) is 12.4 Å². The zero-order valence-corrected chi connectivity index (χ0v) is 11.1. The lowest BCUT2D eigenvalue weighted by atomic mass is 10.4. The molecule has 0 radical (unpaired) electrons. The van der Waals surface area contributed by atoms with Crippen molar-refractivity contribution in [3.63, 3.8) is 0 Å². The number of anilines is 1. The molecule has 102 valence electrons. The molecule has 0 atom stereocenters. The summed E-state index contributed by atoms with van der Waals surface area (Å²) in [6.45, 7) is 3.08. The Morgan fingerprint density at radius 2 is 2.22 bits per heavy atom. The lowest BCUT2D eigenvalue weighted by Gasteiger charge is -2.07. The van der Waals surface area contributed by atoms with Gasteiger partial charge in [-0.05, 0) is 12.8 Å². The quantitative estimate of drug-likeness (QED) is 0.663. The minimum absolute atomic E-state index is 0.0513. The van der Waals surface area contributed by atoms with Crippen molar-refractivity contribution in [1.82, 2.24) is 9.97 Å². The van der Waals surface area contributed by atoms with Crippen molar-refractivity contribution < 1.29 is 13.2 Å². The second-order valence-electron chi connectivity index (χ2n) is 3.74. The molecule has 18 heavy (non-hydrogen) atoms. The Labute approximate surface area is 107 Å². The Hall–Kier alpha value is -1.41. The molecule has 0 spiro atoms. The highest BCUT2D eigenvalue weighted by Crippen LogP contribution is 2.10. The summed E-state index contributed by atoms with van der Waals surface area (Å²) in [5.41, 5.74) is 0. The van der Waals surface area contributed by atoms with Crippen molar-refractivity contribution in [2.75, 3.05) is 24.2 Å². The largest absolute Gasteiger partial charge is 0.478 e. The van der Waals surface area contributed by atoms with Crippen LogP contribution in [0.1, 0.15) is 19.8 Å². The first-order valence-electron chi connectivity index (χ1n) is 5.70. The molecular weight excluding hydrogens is 256 g/mol. The van der Waals surface area contributed by atoms with Crippen LogP contribution >= 0.6 is 0 Å². The number of nitrogens with one attached hydrogen (secondary N) is 1. The first-order chi connectivity index (χ1) is 8.51. The SMILES string of the molecule is CCCOc1cc(NCCCS(N)(=O)=O)ncn1. The maximum absolute atomic E-state index is 10.7. The van der Waals surface area contributed by atoms with Gasteiger partial charge in [-0.25, -0.2) is 23.5 Å². The van der Waals surface area contributed by atoms with Gasteiger partial charge >= 0.3 is 0 Å². The summed E-state index contributed by atoms with van der Waals surface area (Å²) in [4.78, 5) is 7.95. The number of hydrogen-bond donors (Lipinski definition) is 2. The van der Waals surface area contributed by atoms with Gasteiger partial charge in [0.2, 0.25) is 15.9 Å². The zero-order chi connectivity index (χ0) is 13.4. The molecule has 7 nitrogen and oxygen atoms in total. The van der Waals surface area contributed by atoms with E-state index in [4.69, 9.17) is 9.88 Å². The van der Waals surface area contributed by atoms with Gasteiger partial charge in [0.15, 0.2) is 0 Å². The summed E-state index contributed by atoms with van der Waals surface area (Å²) in [6, 6.07) is 1.67. The van der Waals surface area contributed by atoms with E-state index >= 15 is 0 Å². The van der Waals surface area contributed by atoms with Crippen LogP contribution in [0.25, 0.3) is 0 Å². The number of ether oxygens (including phenoxy) is 1. The monoisotopic (exact) mass is 274 g/mol. The summed E-state index contributed by atoms with van der Waals surface area (Å²) < 4.78 is 26.8. The average Bonchev–Trinajstić information content (AvgIpc) is 2.31. The van der Waals surface area contributed by atoms with Crippen LogP contribution in [0, 0.1) is 0 Å². The molecule has 0 aromatic carbocycles. The third kappa shape index (κ3) is 6.36. The van der Waals surface area contributed by atoms with E-state index in [1.807, 2.05) is 6.92 Å². The molecule has 0 saturated carbocycles. The van der Waals surface area contributed by atoms with Crippen molar-refractivity contribution in [3.05, 3.63) is 12.4 Å². The fourth-order valence-electron chi connectivity index (χ4n) is 1.21. The molecule has 0 aliphatic heterocycles. The van der Waals surface area contributed by atoms with E-state index in [2.05, 4.69) is 15.3 Å². The third-order valence-electron chi connectivity index (χ3n) is 2.01. The summed E-state index contributed by atoms with van der Waals surface area (Å²) in [7, 11) is -3.40. The number of rotatable bonds is 8. The molecule has 1 rings (SSSR count). The highest BCUT2D eigenvalue weighted by atomic mass is 32.2. The fraction of sp³-hybridized carbons (Fsp3) is 0.600. The van der Waals surface area contributed by atoms with E-state index in [0.717, 1.165) is 6.42 Å². The highest BCUT2D eigenvalue weighted by Gasteiger charge is 2.03. The molecule has 1 heterocycles. The number of primary sulfonamides is 1. The predicted octanol–water partition coefficient (Wildman–Crippen LogP) is 0.356. The van der Waals surface area contributed by atoms with Crippen molar-refractivity contribution >= 4 is 15.8 Å². The lowest BCUT2D eigenvalue weighted by molar-refractivity contribution is 0.305. The second kappa shape index (κ2) is 7.12. The molecule has 0 unspecified atom stereocenters. The number of nitrogens with two attached hydrogens (primary N) is 1. The van der Waals surface area contributed by atoms with Gasteiger partial charge in [0, 0.05) is 12.6 Å². The predicted molar refractivity (Wildman–Crippen MR) is 68.9 cm³/mol. The van der Waals surface area contributed by atoms with Crippen molar-refractivity contribution in [3.8, 4) is 5.88 Å². The van der Waals surface area contributed by atoms with Crippen molar-refractivity contribution in [2.45, 2.75) is 19.8 Å². The molecule has 0 aliphatic rings. The Morgan fingerprint density at radius 3 is 2.89 bits per heavy atom. The molecule has 0 fully saturated rings. The fourth-order valence-corrected chi connectivity index (χ4v) is 1.76. The topological polar surface area (TPSA) is 107 Å². The molecular formula is C10H18N4O3S. The van der Waals surface area contributed by atoms with Crippen LogP contribution < -0.4 is 15.2 Å². The minimum Gasteiger partial charge on any atom is -0.478 e. The molecule has 1 aromatic rings. The molecule has 0 amide bonds. The number of hydrogen-bond acceptors (Lipinski definition) is 6. The van der Waals surface area contributed by atoms with Gasteiger partial charge < -0.3 is 10.1 Å². The number of sulfonamides is 1. The summed E-state index contributed by atoms with van der Waals surface area (Å²) in [5, 5.41) is 7.88. The Kier molecular flexibility index (Phi) is 5.79. The highest BCUT2D eigenvalue weighted by molar-refractivity contribution is 7.89. The molecule has 3 N–H and O–H groups in total. The first-order valence-corrected chi connectivity index (χ1v) is 7.42. The van der Waals surface area contributed by atoms with Crippen molar-refractivity contribution in [1.29, 1.82) is 0 Å². The zero-order valence-electron chi connectivity index (χ0n) is 10.3. The number of nitrogens with zero attached hydrogens (tertiary/aromatic N) is 2. The Morgan fingerprint density at radius 1 is 1.44 bits per heavy atom. The van der Waals surface area contributed by atoms with Gasteiger partial charge in [-0.1, -0.05) is 6.92 Å². The molecule has 1 aromatic heterocycles. The second-order valence-corrected chi connectivity index (χ2v) is 5.47. The molecule has 0 bridgehead atoms. The van der Waals surface area contributed by atoms with Crippen LogP contribution in [-0.2, 0) is 10.0 Å². The maximum Gasteiger partial charge on any atom is 0.218 e. The molecule has 0 saturated heterocycles. The summed E-state index contributed by atoms with van der Waals surface area (Å²) >= 11 is 0. The number of aromatic nitrogens is 2. The van der Waals surface area contributed by atoms with Gasteiger partial charge in [-0.2, -0.15) is 0 Å². The minimum atomic E-state index is -3.40. The van der Waals surface area contributed by atoms with Crippen LogP contribution in [0.2, 0.25) is 0 Å². The van der Waals surface area contributed by atoms with Crippen LogP contribution in [-0.4, -0.2) is 37.3 Å². The third-order valence-corrected chi connectivity index (χ3v) is 2.87. The Bertz CT molecular complexity index is 464. The van der Waals surface area contributed by atoms with Crippen LogP contribution in [0.4, 0.5) is 5.82 Å². The maximum atomic E-state index is 10.7. The van der Waals surface area contributed by atoms with E-state index in [1.54, 1.807) is 6.07 Å². The normalized spacial score (nSPS) is 11.2. The lowest BCUT2D eigenvalue weighted by Crippen LogP contribution is -2.18. The van der Waals surface area contributed by atoms with E-state index in [0.29, 0.717) is 31.3 Å². The average molecular weight is 274 g/mol. The Balaban J connectivity index is 2.38. The first kappa shape index (κ1) is 14.7. The van der Waals surface area contributed by atoms with Gasteiger partial charge in [0.25, 0.3) is 0 Å². The standard InChI is InChI=1S/C10H18N4O3S/c1-2-5-17-10-7-9(13-8-14-10)12-4-3-6-18(11,15)16/h7-8H,2-6H2,1H3,(H2,11,15,16)(H,12,13,14). The molecule has 0 aliphatic carbocycles. The smallest absolute Gasteiger partial charge is 0.218 e. The van der Waals surface area contributed by atoms with E-state index < -0.39 is 10.0 Å². The van der Waals surface area contributed by atoms with Gasteiger partial charge in [-0.15, -0.1) is 0 Å². The van der Waals surface area contributed by atoms with Gasteiger partial charge in [-0.3, -0.25) is 0 Å². The van der Waals surface area contributed by atoms with Crippen LogP contribution in [0.15, 0.2) is 12.4 Å². The summed E-state index contributed by atoms with van der Waals surface area (Å²) in [5.74, 6) is 1.05. The van der Waals surface area contributed by atoms with Crippen LogP contribution in [0.5, 0.6) is 5.88 Å². The van der Waals surface area contributed by atoms with E-state index in [-0.39, 0.29) is 5.75 Å². The summed E-state index contributed by atoms with van der Waals surface area (Å²) in [6.07, 6.45) is 2.72. The van der Waals surface area contributed by atoms with E-state index in [9.17, 15) is 8.42 Å². The van der Waals surface area contributed by atoms with Gasteiger partial charge in [0.1, 0.15) is 12.1 Å².